The average Bonchev–Trinajstić information content (AvgIpc) is 2.20. The Morgan fingerprint density at radius 1 is 1.44 bits per heavy atom. The molecule has 0 spiro atoms. The van der Waals surface area contributed by atoms with Gasteiger partial charge < -0.3 is 15.6 Å². The number of ether oxygens (including phenoxy) is 1. The summed E-state index contributed by atoms with van der Waals surface area (Å²) in [6.45, 7) is 4.89. The lowest BCUT2D eigenvalue weighted by Crippen LogP contribution is -2.11. The lowest BCUT2D eigenvalue weighted by molar-refractivity contribution is -0.130. The molecule has 5 nitrogen and oxygen atoms in total. The van der Waals surface area contributed by atoms with Gasteiger partial charge in [-0.25, -0.2) is 9.59 Å². The topological polar surface area (TPSA) is 89.6 Å². The number of carbonyl (C=O) groups is 2. The van der Waals surface area contributed by atoms with Gasteiger partial charge in [0.2, 0.25) is 0 Å². The Labute approximate surface area is 92.1 Å². The number of rotatable bonds is 3. The van der Waals surface area contributed by atoms with Crippen LogP contribution in [0.4, 0.5) is 5.69 Å². The van der Waals surface area contributed by atoms with Gasteiger partial charge in [-0.05, 0) is 19.1 Å². The van der Waals surface area contributed by atoms with Crippen molar-refractivity contribution in [1.82, 2.24) is 0 Å². The number of nitrogen functional groups attached to an aromatic ring is 1. The zero-order valence-corrected chi connectivity index (χ0v) is 8.69. The van der Waals surface area contributed by atoms with Crippen LogP contribution >= 0.6 is 0 Å². The highest BCUT2D eigenvalue weighted by Gasteiger charge is 2.14. The maximum Gasteiger partial charge on any atom is 0.338 e. The molecule has 0 heterocycles. The SMILES string of the molecule is C=C(C)C(=O)Oc1cccc(C(=O)O)c1N. The molecule has 0 aromatic heterocycles. The van der Waals surface area contributed by atoms with E-state index in [0.717, 1.165) is 0 Å². The molecule has 0 aliphatic heterocycles. The van der Waals surface area contributed by atoms with Crippen molar-refractivity contribution < 1.29 is 19.4 Å². The molecule has 0 fully saturated rings. The van der Waals surface area contributed by atoms with Gasteiger partial charge in [-0.15, -0.1) is 0 Å². The molecule has 0 aliphatic rings. The minimum atomic E-state index is -1.18. The fourth-order valence-corrected chi connectivity index (χ4v) is 1.01. The smallest absolute Gasteiger partial charge is 0.338 e. The van der Waals surface area contributed by atoms with Gasteiger partial charge in [0.05, 0.1) is 11.3 Å². The fraction of sp³-hybridized carbons (Fsp3) is 0.0909. The Bertz CT molecular complexity index is 465. The maximum atomic E-state index is 11.2. The van der Waals surface area contributed by atoms with E-state index in [1.165, 1.54) is 25.1 Å². The number of benzene rings is 1. The van der Waals surface area contributed by atoms with Crippen molar-refractivity contribution in [1.29, 1.82) is 0 Å². The molecule has 1 aromatic carbocycles. The highest BCUT2D eigenvalue weighted by molar-refractivity contribution is 5.96. The molecule has 84 valence electrons. The molecule has 0 bridgehead atoms. The summed E-state index contributed by atoms with van der Waals surface area (Å²) >= 11 is 0. The number of nitrogens with two attached hydrogens (primary N) is 1. The van der Waals surface area contributed by atoms with Crippen LogP contribution in [0.2, 0.25) is 0 Å². The molecule has 1 rings (SSSR count). The molecule has 0 atom stereocenters. The van der Waals surface area contributed by atoms with Crippen molar-refractivity contribution in [2.24, 2.45) is 0 Å². The molecule has 3 N–H and O–H groups in total. The van der Waals surface area contributed by atoms with Crippen LogP contribution in [0, 0.1) is 0 Å². The number of aromatic carboxylic acids is 1. The van der Waals surface area contributed by atoms with Crippen LogP contribution in [0.15, 0.2) is 30.4 Å². The monoisotopic (exact) mass is 221 g/mol. The number of carbonyl (C=O) groups excluding carboxylic acids is 1. The van der Waals surface area contributed by atoms with Crippen LogP contribution in [-0.2, 0) is 4.79 Å². The van der Waals surface area contributed by atoms with E-state index < -0.39 is 11.9 Å². The van der Waals surface area contributed by atoms with Crippen LogP contribution in [0.3, 0.4) is 0 Å². The summed E-state index contributed by atoms with van der Waals surface area (Å²) in [5, 5.41) is 8.80. The second-order valence-corrected chi connectivity index (χ2v) is 3.19. The number of anilines is 1. The second-order valence-electron chi connectivity index (χ2n) is 3.19. The van der Waals surface area contributed by atoms with Crippen molar-refractivity contribution in [3.05, 3.63) is 35.9 Å². The minimum Gasteiger partial charge on any atom is -0.478 e. The van der Waals surface area contributed by atoms with Crippen LogP contribution in [0.1, 0.15) is 17.3 Å². The highest BCUT2D eigenvalue weighted by Crippen LogP contribution is 2.25. The summed E-state index contributed by atoms with van der Waals surface area (Å²) in [6.07, 6.45) is 0. The largest absolute Gasteiger partial charge is 0.478 e. The zero-order valence-electron chi connectivity index (χ0n) is 8.69. The first-order valence-electron chi connectivity index (χ1n) is 4.43. The van der Waals surface area contributed by atoms with Gasteiger partial charge in [-0.2, -0.15) is 0 Å². The Morgan fingerprint density at radius 3 is 2.56 bits per heavy atom. The third kappa shape index (κ3) is 2.38. The predicted molar refractivity (Wildman–Crippen MR) is 58.3 cm³/mol. The first-order valence-corrected chi connectivity index (χ1v) is 4.43. The Kier molecular flexibility index (Phi) is 3.30. The predicted octanol–water partition coefficient (Wildman–Crippen LogP) is 1.45. The van der Waals surface area contributed by atoms with Gasteiger partial charge in [0, 0.05) is 5.57 Å². The molecular formula is C11H11NO4. The third-order valence-corrected chi connectivity index (χ3v) is 1.85. The second kappa shape index (κ2) is 4.48. The van der Waals surface area contributed by atoms with Gasteiger partial charge in [0.1, 0.15) is 0 Å². The van der Waals surface area contributed by atoms with Crippen LogP contribution in [0.5, 0.6) is 5.75 Å². The van der Waals surface area contributed by atoms with Crippen LogP contribution in [0.25, 0.3) is 0 Å². The van der Waals surface area contributed by atoms with E-state index in [9.17, 15) is 9.59 Å². The summed E-state index contributed by atoms with van der Waals surface area (Å²) in [5.74, 6) is -1.80. The van der Waals surface area contributed by atoms with E-state index in [1.807, 2.05) is 0 Å². The van der Waals surface area contributed by atoms with Gasteiger partial charge in [0.25, 0.3) is 0 Å². The first-order chi connectivity index (χ1) is 7.43. The Balaban J connectivity index is 3.07. The number of carboxylic acids is 1. The first kappa shape index (κ1) is 11.8. The number of esters is 1. The summed E-state index contributed by atoms with van der Waals surface area (Å²) in [4.78, 5) is 22.0. The minimum absolute atomic E-state index is 0.0212. The van der Waals surface area contributed by atoms with Crippen LogP contribution in [-0.4, -0.2) is 17.0 Å². The van der Waals surface area contributed by atoms with Crippen molar-refractivity contribution in [3.63, 3.8) is 0 Å². The van der Waals surface area contributed by atoms with Crippen molar-refractivity contribution in [2.45, 2.75) is 6.92 Å². The quantitative estimate of drug-likeness (QED) is 0.349. The van der Waals surface area contributed by atoms with Gasteiger partial charge in [0.15, 0.2) is 5.75 Å². The van der Waals surface area contributed by atoms with E-state index in [2.05, 4.69) is 6.58 Å². The van der Waals surface area contributed by atoms with Gasteiger partial charge in [-0.3, -0.25) is 0 Å². The van der Waals surface area contributed by atoms with E-state index in [0.29, 0.717) is 0 Å². The molecule has 0 aliphatic carbocycles. The molecule has 16 heavy (non-hydrogen) atoms. The summed E-state index contributed by atoms with van der Waals surface area (Å²) in [6, 6.07) is 4.19. The number of hydrogen-bond acceptors (Lipinski definition) is 4. The number of para-hydroxylation sites is 1. The zero-order chi connectivity index (χ0) is 12.3. The molecule has 0 amide bonds. The maximum absolute atomic E-state index is 11.2. The molecule has 1 aromatic rings. The van der Waals surface area contributed by atoms with E-state index in [1.54, 1.807) is 0 Å². The lowest BCUT2D eigenvalue weighted by atomic mass is 10.1. The highest BCUT2D eigenvalue weighted by atomic mass is 16.5. The van der Waals surface area contributed by atoms with Gasteiger partial charge in [-0.1, -0.05) is 12.6 Å². The fourth-order valence-electron chi connectivity index (χ4n) is 1.01. The summed E-state index contributed by atoms with van der Waals surface area (Å²) in [7, 11) is 0. The van der Waals surface area contributed by atoms with E-state index >= 15 is 0 Å². The normalized spacial score (nSPS) is 9.56. The standard InChI is InChI=1S/C11H11NO4/c1-6(2)11(15)16-8-5-3-4-7(9(8)12)10(13)14/h3-5H,1,12H2,2H3,(H,13,14). The van der Waals surface area contributed by atoms with Crippen molar-refractivity contribution in [2.75, 3.05) is 5.73 Å². The van der Waals surface area contributed by atoms with E-state index in [4.69, 9.17) is 15.6 Å². The number of hydrogen-bond donors (Lipinski definition) is 2. The molecule has 0 unspecified atom stereocenters. The number of carboxylic acid groups (broad SMARTS) is 1. The van der Waals surface area contributed by atoms with Crippen LogP contribution < -0.4 is 10.5 Å². The average molecular weight is 221 g/mol. The summed E-state index contributed by atoms with van der Waals surface area (Å²) < 4.78 is 4.87. The van der Waals surface area contributed by atoms with E-state index in [-0.39, 0.29) is 22.6 Å². The molecule has 0 radical (unpaired) electrons. The molecule has 5 heteroatoms. The Hall–Kier alpha value is -2.30. The third-order valence-electron chi connectivity index (χ3n) is 1.85. The lowest BCUT2D eigenvalue weighted by Gasteiger charge is -2.08. The van der Waals surface area contributed by atoms with Gasteiger partial charge >= 0.3 is 11.9 Å². The van der Waals surface area contributed by atoms with Crippen molar-refractivity contribution in [3.8, 4) is 5.75 Å². The Morgan fingerprint density at radius 2 is 2.06 bits per heavy atom. The molecule has 0 saturated carbocycles. The molecule has 0 saturated heterocycles. The summed E-state index contributed by atoms with van der Waals surface area (Å²) in [5.41, 5.74) is 5.57. The van der Waals surface area contributed by atoms with Crippen molar-refractivity contribution >= 4 is 17.6 Å². The molecular weight excluding hydrogens is 210 g/mol.